The number of carbonyl (C=O) groups excluding carboxylic acids is 1. The van der Waals surface area contributed by atoms with Crippen LogP contribution in [0.5, 0.6) is 0 Å². The number of thioether (sulfide) groups is 1. The van der Waals surface area contributed by atoms with Gasteiger partial charge in [-0.05, 0) is 32.4 Å². The Morgan fingerprint density at radius 3 is 2.72 bits per heavy atom. The van der Waals surface area contributed by atoms with E-state index in [1.165, 1.54) is 11.1 Å². The highest BCUT2D eigenvalue weighted by atomic mass is 32.2. The standard InChI is InChI=1S/C19H22N4OS/c1-13(2)23-19-16(9-21-23)8-17(10-20-19)22-18(24)12-25-11-15-6-4-14(3)5-7-15/h4-10,13H,11-12H2,1-3H3,(H,22,24). The largest absolute Gasteiger partial charge is 0.324 e. The van der Waals surface area contributed by atoms with Gasteiger partial charge in [0.1, 0.15) is 0 Å². The van der Waals surface area contributed by atoms with Crippen LogP contribution in [0.15, 0.2) is 42.7 Å². The first-order chi connectivity index (χ1) is 12.0. The topological polar surface area (TPSA) is 59.8 Å². The summed E-state index contributed by atoms with van der Waals surface area (Å²) >= 11 is 1.60. The third-order valence-electron chi connectivity index (χ3n) is 3.83. The Kier molecular flexibility index (Phi) is 5.38. The maximum absolute atomic E-state index is 12.1. The van der Waals surface area contributed by atoms with Crippen LogP contribution in [0.25, 0.3) is 11.0 Å². The second-order valence-electron chi connectivity index (χ2n) is 6.35. The van der Waals surface area contributed by atoms with E-state index in [0.29, 0.717) is 11.4 Å². The van der Waals surface area contributed by atoms with E-state index in [9.17, 15) is 4.79 Å². The average Bonchev–Trinajstić information content (AvgIpc) is 3.00. The summed E-state index contributed by atoms with van der Waals surface area (Å²) in [5, 5.41) is 8.18. The van der Waals surface area contributed by atoms with Gasteiger partial charge in [-0.3, -0.25) is 4.79 Å². The number of hydrogen-bond donors (Lipinski definition) is 1. The molecule has 2 aromatic heterocycles. The summed E-state index contributed by atoms with van der Waals surface area (Å²) in [5.41, 5.74) is 4.02. The van der Waals surface area contributed by atoms with Crippen molar-refractivity contribution in [3.8, 4) is 0 Å². The third kappa shape index (κ3) is 4.39. The maximum atomic E-state index is 12.1. The summed E-state index contributed by atoms with van der Waals surface area (Å²) in [6, 6.07) is 10.6. The van der Waals surface area contributed by atoms with E-state index >= 15 is 0 Å². The van der Waals surface area contributed by atoms with Crippen molar-refractivity contribution in [2.45, 2.75) is 32.6 Å². The van der Waals surface area contributed by atoms with Crippen LogP contribution >= 0.6 is 11.8 Å². The van der Waals surface area contributed by atoms with Gasteiger partial charge in [-0.15, -0.1) is 11.8 Å². The van der Waals surface area contributed by atoms with Crippen molar-refractivity contribution in [1.82, 2.24) is 14.8 Å². The first kappa shape index (κ1) is 17.5. The van der Waals surface area contributed by atoms with Gasteiger partial charge in [0.15, 0.2) is 5.65 Å². The summed E-state index contributed by atoms with van der Waals surface area (Å²) in [6.07, 6.45) is 3.47. The lowest BCUT2D eigenvalue weighted by atomic mass is 10.2. The number of rotatable bonds is 6. The molecular formula is C19H22N4OS. The van der Waals surface area contributed by atoms with Crippen LogP contribution in [-0.4, -0.2) is 26.4 Å². The van der Waals surface area contributed by atoms with E-state index < -0.39 is 0 Å². The predicted octanol–water partition coefficient (Wildman–Crippen LogP) is 4.19. The zero-order valence-electron chi connectivity index (χ0n) is 14.7. The minimum Gasteiger partial charge on any atom is -0.324 e. The fourth-order valence-electron chi connectivity index (χ4n) is 2.53. The number of fused-ring (bicyclic) bond motifs is 1. The number of aryl methyl sites for hydroxylation is 1. The Morgan fingerprint density at radius 2 is 2.00 bits per heavy atom. The number of anilines is 1. The summed E-state index contributed by atoms with van der Waals surface area (Å²) in [4.78, 5) is 16.6. The highest BCUT2D eigenvalue weighted by Crippen LogP contribution is 2.19. The lowest BCUT2D eigenvalue weighted by Crippen LogP contribution is -2.14. The Morgan fingerprint density at radius 1 is 1.24 bits per heavy atom. The molecular weight excluding hydrogens is 332 g/mol. The highest BCUT2D eigenvalue weighted by molar-refractivity contribution is 7.99. The van der Waals surface area contributed by atoms with Gasteiger partial charge in [0.2, 0.25) is 5.91 Å². The van der Waals surface area contributed by atoms with E-state index in [4.69, 9.17) is 0 Å². The zero-order chi connectivity index (χ0) is 17.8. The minimum atomic E-state index is -0.0190. The molecule has 3 aromatic rings. The van der Waals surface area contributed by atoms with Crippen LogP contribution in [-0.2, 0) is 10.5 Å². The first-order valence-corrected chi connectivity index (χ1v) is 9.45. The Balaban J connectivity index is 1.55. The number of carbonyl (C=O) groups is 1. The molecule has 25 heavy (non-hydrogen) atoms. The molecule has 2 heterocycles. The quantitative estimate of drug-likeness (QED) is 0.721. The van der Waals surface area contributed by atoms with Crippen LogP contribution in [0.2, 0.25) is 0 Å². The second kappa shape index (κ2) is 7.70. The molecule has 0 aliphatic heterocycles. The molecule has 0 aliphatic carbocycles. The summed E-state index contributed by atoms with van der Waals surface area (Å²) < 4.78 is 1.87. The van der Waals surface area contributed by atoms with Gasteiger partial charge >= 0.3 is 0 Å². The normalized spacial score (nSPS) is 11.2. The summed E-state index contributed by atoms with van der Waals surface area (Å²) in [7, 11) is 0. The number of nitrogens with zero attached hydrogens (tertiary/aromatic N) is 3. The molecule has 0 saturated heterocycles. The molecule has 0 fully saturated rings. The monoisotopic (exact) mass is 354 g/mol. The van der Waals surface area contributed by atoms with Crippen molar-refractivity contribution in [1.29, 1.82) is 0 Å². The molecule has 5 nitrogen and oxygen atoms in total. The molecule has 130 valence electrons. The van der Waals surface area contributed by atoms with E-state index in [2.05, 4.69) is 60.4 Å². The second-order valence-corrected chi connectivity index (χ2v) is 7.33. The highest BCUT2D eigenvalue weighted by Gasteiger charge is 2.09. The zero-order valence-corrected chi connectivity index (χ0v) is 15.5. The van der Waals surface area contributed by atoms with Gasteiger partial charge in [-0.1, -0.05) is 29.8 Å². The molecule has 0 unspecified atom stereocenters. The van der Waals surface area contributed by atoms with E-state index in [-0.39, 0.29) is 11.9 Å². The molecule has 0 saturated carbocycles. The summed E-state index contributed by atoms with van der Waals surface area (Å²) in [5.74, 6) is 1.22. The number of pyridine rings is 1. The molecule has 1 N–H and O–H groups in total. The maximum Gasteiger partial charge on any atom is 0.234 e. The first-order valence-electron chi connectivity index (χ1n) is 8.29. The van der Waals surface area contributed by atoms with Gasteiger partial charge in [-0.2, -0.15) is 5.10 Å². The molecule has 3 rings (SSSR count). The smallest absolute Gasteiger partial charge is 0.234 e. The number of benzene rings is 1. The van der Waals surface area contributed by atoms with Gasteiger partial charge < -0.3 is 5.32 Å². The molecule has 0 atom stereocenters. The third-order valence-corrected chi connectivity index (χ3v) is 4.83. The fourth-order valence-corrected chi connectivity index (χ4v) is 3.32. The number of hydrogen-bond acceptors (Lipinski definition) is 4. The Hall–Kier alpha value is -2.34. The van der Waals surface area contributed by atoms with Gasteiger partial charge in [0.05, 0.1) is 23.8 Å². The number of aromatic nitrogens is 3. The predicted molar refractivity (Wildman–Crippen MR) is 104 cm³/mol. The van der Waals surface area contributed by atoms with Crippen molar-refractivity contribution in [2.75, 3.05) is 11.1 Å². The molecule has 0 aliphatic rings. The van der Waals surface area contributed by atoms with Crippen LogP contribution in [0, 0.1) is 6.92 Å². The van der Waals surface area contributed by atoms with Crippen LogP contribution in [0.3, 0.4) is 0 Å². The van der Waals surface area contributed by atoms with Crippen LogP contribution < -0.4 is 5.32 Å². The van der Waals surface area contributed by atoms with E-state index in [1.807, 2.05) is 10.7 Å². The van der Waals surface area contributed by atoms with Gasteiger partial charge in [0, 0.05) is 17.2 Å². The van der Waals surface area contributed by atoms with Gasteiger partial charge in [-0.25, -0.2) is 9.67 Å². The van der Waals surface area contributed by atoms with Crippen LogP contribution in [0.1, 0.15) is 31.0 Å². The molecule has 6 heteroatoms. The lowest BCUT2D eigenvalue weighted by molar-refractivity contribution is -0.113. The number of nitrogens with one attached hydrogen (secondary N) is 1. The molecule has 0 spiro atoms. The summed E-state index contributed by atoms with van der Waals surface area (Å²) in [6.45, 7) is 6.20. The Labute approximate surface area is 151 Å². The lowest BCUT2D eigenvalue weighted by Gasteiger charge is -2.08. The van der Waals surface area contributed by atoms with Crippen LogP contribution in [0.4, 0.5) is 5.69 Å². The fraction of sp³-hybridized carbons (Fsp3) is 0.316. The molecule has 1 aromatic carbocycles. The van der Waals surface area contributed by atoms with Gasteiger partial charge in [0.25, 0.3) is 0 Å². The van der Waals surface area contributed by atoms with E-state index in [0.717, 1.165) is 16.8 Å². The Bertz CT molecular complexity index is 871. The minimum absolute atomic E-state index is 0.0190. The van der Waals surface area contributed by atoms with Crippen molar-refractivity contribution >= 4 is 34.4 Å². The van der Waals surface area contributed by atoms with Crippen molar-refractivity contribution < 1.29 is 4.79 Å². The van der Waals surface area contributed by atoms with Crippen molar-refractivity contribution in [2.24, 2.45) is 0 Å². The molecule has 1 amide bonds. The van der Waals surface area contributed by atoms with Crippen molar-refractivity contribution in [3.05, 3.63) is 53.9 Å². The molecule has 0 bridgehead atoms. The number of amides is 1. The average molecular weight is 354 g/mol. The SMILES string of the molecule is Cc1ccc(CSCC(=O)Nc2cnc3c(cnn3C(C)C)c2)cc1. The van der Waals surface area contributed by atoms with Crippen molar-refractivity contribution in [3.63, 3.8) is 0 Å². The van der Waals surface area contributed by atoms with E-state index in [1.54, 1.807) is 24.2 Å². The molecule has 0 radical (unpaired) electrons.